The fourth-order valence-corrected chi connectivity index (χ4v) is 3.70. The van der Waals surface area contributed by atoms with E-state index in [0.29, 0.717) is 0 Å². The van der Waals surface area contributed by atoms with Crippen LogP contribution in [-0.4, -0.2) is 46.1 Å². The van der Waals surface area contributed by atoms with Crippen LogP contribution >= 0.6 is 0 Å². The molecule has 3 heterocycles. The van der Waals surface area contributed by atoms with Crippen molar-refractivity contribution < 1.29 is 4.74 Å². The van der Waals surface area contributed by atoms with Crippen molar-refractivity contribution in [2.45, 2.75) is 6.92 Å². The van der Waals surface area contributed by atoms with Crippen molar-refractivity contribution in [1.29, 1.82) is 0 Å². The summed E-state index contributed by atoms with van der Waals surface area (Å²) >= 11 is 0. The number of anilines is 3. The van der Waals surface area contributed by atoms with Gasteiger partial charge in [-0.1, -0.05) is 12.1 Å². The van der Waals surface area contributed by atoms with E-state index in [1.165, 1.54) is 11.3 Å². The highest BCUT2D eigenvalue weighted by Gasteiger charge is 2.12. The zero-order valence-electron chi connectivity index (χ0n) is 17.4. The summed E-state index contributed by atoms with van der Waals surface area (Å²) in [6.07, 6.45) is 3.56. The van der Waals surface area contributed by atoms with E-state index in [0.717, 1.165) is 54.9 Å². The average molecular weight is 412 g/mol. The molecule has 1 aliphatic heterocycles. The molecule has 1 saturated heterocycles. The molecule has 1 aliphatic rings. The maximum atomic E-state index is 5.48. The van der Waals surface area contributed by atoms with E-state index in [-0.39, 0.29) is 0 Å². The lowest BCUT2D eigenvalue weighted by molar-refractivity contribution is 0.122. The van der Waals surface area contributed by atoms with Crippen LogP contribution in [-0.2, 0) is 4.74 Å². The van der Waals surface area contributed by atoms with Gasteiger partial charge in [0.05, 0.1) is 18.9 Å². The summed E-state index contributed by atoms with van der Waals surface area (Å²) in [6.45, 7) is 5.29. The Balaban J connectivity index is 1.33. The molecule has 7 nitrogen and oxygen atoms in total. The number of hydrogen-bond acceptors (Lipinski definition) is 6. The summed E-state index contributed by atoms with van der Waals surface area (Å²) in [7, 11) is 0. The molecule has 7 heteroatoms. The molecule has 156 valence electrons. The first kappa shape index (κ1) is 19.3. The number of ether oxygens (including phenoxy) is 1. The minimum atomic E-state index is 0.751. The molecule has 1 fully saturated rings. The number of aryl methyl sites for hydroxylation is 1. The average Bonchev–Trinajstić information content (AvgIpc) is 3.27. The van der Waals surface area contributed by atoms with Gasteiger partial charge in [0, 0.05) is 30.7 Å². The van der Waals surface area contributed by atoms with Gasteiger partial charge in [-0.15, -0.1) is 0 Å². The van der Waals surface area contributed by atoms with Gasteiger partial charge in [-0.25, -0.2) is 14.6 Å². The predicted molar refractivity (Wildman–Crippen MR) is 122 cm³/mol. The highest BCUT2D eigenvalue weighted by Crippen LogP contribution is 2.27. The number of pyridine rings is 1. The summed E-state index contributed by atoms with van der Waals surface area (Å²) in [6, 6.07) is 20.8. The van der Waals surface area contributed by atoms with E-state index in [4.69, 9.17) is 4.74 Å². The van der Waals surface area contributed by atoms with Crippen LogP contribution in [0.2, 0.25) is 0 Å². The first-order chi connectivity index (χ1) is 15.2. The van der Waals surface area contributed by atoms with Crippen molar-refractivity contribution >= 4 is 17.2 Å². The molecule has 2 aromatic heterocycles. The normalized spacial score (nSPS) is 13.9. The van der Waals surface area contributed by atoms with Crippen LogP contribution in [0.5, 0.6) is 0 Å². The lowest BCUT2D eigenvalue weighted by atomic mass is 10.1. The molecule has 0 aliphatic carbocycles. The Morgan fingerprint density at radius 3 is 2.45 bits per heavy atom. The van der Waals surface area contributed by atoms with Gasteiger partial charge in [0.25, 0.3) is 0 Å². The molecular formula is C24H24N6O. The topological polar surface area (TPSA) is 68.1 Å². The van der Waals surface area contributed by atoms with Gasteiger partial charge in [0.2, 0.25) is 0 Å². The molecule has 0 saturated carbocycles. The van der Waals surface area contributed by atoms with Crippen molar-refractivity contribution in [3.63, 3.8) is 0 Å². The highest BCUT2D eigenvalue weighted by molar-refractivity contribution is 5.72. The fourth-order valence-electron chi connectivity index (χ4n) is 3.70. The van der Waals surface area contributed by atoms with Crippen LogP contribution in [0, 0.1) is 6.92 Å². The van der Waals surface area contributed by atoms with Crippen molar-refractivity contribution in [3.05, 3.63) is 79.0 Å². The number of nitrogens with zero attached hydrogens (tertiary/aromatic N) is 5. The van der Waals surface area contributed by atoms with Gasteiger partial charge in [0.15, 0.2) is 0 Å². The Hall–Kier alpha value is -3.71. The number of aromatic nitrogens is 4. The maximum Gasteiger partial charge on any atom is 0.147 e. The third kappa shape index (κ3) is 4.41. The Morgan fingerprint density at radius 2 is 1.68 bits per heavy atom. The fraction of sp³-hybridized carbons (Fsp3) is 0.208. The number of hydrogen-bond donors (Lipinski definition) is 1. The van der Waals surface area contributed by atoms with Crippen LogP contribution in [0.1, 0.15) is 5.82 Å². The molecule has 0 unspecified atom stereocenters. The van der Waals surface area contributed by atoms with E-state index in [9.17, 15) is 0 Å². The molecule has 5 rings (SSSR count). The van der Waals surface area contributed by atoms with E-state index >= 15 is 0 Å². The van der Waals surface area contributed by atoms with E-state index in [1.54, 1.807) is 11.0 Å². The standard InChI is InChI=1S/C24H24N6O/c1-18-26-17-30(28-18)22-7-5-21(6-8-22)27-24-16-20(9-10-25-24)19-3-2-4-23(15-19)29-11-13-31-14-12-29/h2-10,15-17H,11-14H2,1H3,(H,25,27). The number of morpholine rings is 1. The minimum absolute atomic E-state index is 0.751. The van der Waals surface area contributed by atoms with Crippen LogP contribution in [0.25, 0.3) is 16.8 Å². The number of benzene rings is 2. The number of rotatable bonds is 5. The van der Waals surface area contributed by atoms with Gasteiger partial charge in [-0.05, 0) is 66.6 Å². The zero-order chi connectivity index (χ0) is 21.0. The second-order valence-corrected chi connectivity index (χ2v) is 7.49. The van der Waals surface area contributed by atoms with Crippen molar-refractivity contribution in [1.82, 2.24) is 19.7 Å². The second-order valence-electron chi connectivity index (χ2n) is 7.49. The number of nitrogens with one attached hydrogen (secondary N) is 1. The van der Waals surface area contributed by atoms with Crippen molar-refractivity contribution in [3.8, 4) is 16.8 Å². The largest absolute Gasteiger partial charge is 0.378 e. The molecule has 1 N–H and O–H groups in total. The van der Waals surface area contributed by atoms with Crippen molar-refractivity contribution in [2.24, 2.45) is 0 Å². The maximum absolute atomic E-state index is 5.48. The van der Waals surface area contributed by atoms with Crippen LogP contribution in [0.4, 0.5) is 17.2 Å². The van der Waals surface area contributed by atoms with Gasteiger partial charge in [-0.2, -0.15) is 5.10 Å². The Bertz CT molecular complexity index is 1160. The van der Waals surface area contributed by atoms with Gasteiger partial charge in [-0.3, -0.25) is 0 Å². The predicted octanol–water partition coefficient (Wildman–Crippen LogP) is 4.22. The summed E-state index contributed by atoms with van der Waals surface area (Å²) < 4.78 is 7.24. The first-order valence-corrected chi connectivity index (χ1v) is 10.4. The smallest absolute Gasteiger partial charge is 0.147 e. The Kier molecular flexibility index (Phi) is 5.33. The van der Waals surface area contributed by atoms with Crippen LogP contribution in [0.15, 0.2) is 73.2 Å². The third-order valence-electron chi connectivity index (χ3n) is 5.33. The molecule has 31 heavy (non-hydrogen) atoms. The van der Waals surface area contributed by atoms with E-state index in [1.807, 2.05) is 43.5 Å². The van der Waals surface area contributed by atoms with Crippen molar-refractivity contribution in [2.75, 3.05) is 36.5 Å². The van der Waals surface area contributed by atoms with Gasteiger partial charge >= 0.3 is 0 Å². The second kappa shape index (κ2) is 8.57. The molecular weight excluding hydrogens is 388 g/mol. The quantitative estimate of drug-likeness (QED) is 0.529. The monoisotopic (exact) mass is 412 g/mol. The lowest BCUT2D eigenvalue weighted by Gasteiger charge is -2.29. The summed E-state index contributed by atoms with van der Waals surface area (Å²) in [4.78, 5) is 11.0. The minimum Gasteiger partial charge on any atom is -0.378 e. The molecule has 2 aromatic carbocycles. The summed E-state index contributed by atoms with van der Waals surface area (Å²) in [5.74, 6) is 1.56. The van der Waals surface area contributed by atoms with E-state index in [2.05, 4.69) is 55.6 Å². The molecule has 0 amide bonds. The third-order valence-corrected chi connectivity index (χ3v) is 5.33. The molecule has 0 radical (unpaired) electrons. The molecule has 4 aromatic rings. The summed E-state index contributed by atoms with van der Waals surface area (Å²) in [5, 5.41) is 7.74. The van der Waals surface area contributed by atoms with Crippen LogP contribution < -0.4 is 10.2 Å². The Labute approximate surface area is 181 Å². The van der Waals surface area contributed by atoms with Crippen LogP contribution in [0.3, 0.4) is 0 Å². The van der Waals surface area contributed by atoms with Gasteiger partial charge < -0.3 is 15.0 Å². The van der Waals surface area contributed by atoms with Gasteiger partial charge in [0.1, 0.15) is 18.0 Å². The zero-order valence-corrected chi connectivity index (χ0v) is 17.4. The Morgan fingerprint density at radius 1 is 0.871 bits per heavy atom. The SMILES string of the molecule is Cc1ncn(-c2ccc(Nc3cc(-c4cccc(N5CCOCC5)c4)ccn3)cc2)n1. The van der Waals surface area contributed by atoms with E-state index < -0.39 is 0 Å². The summed E-state index contributed by atoms with van der Waals surface area (Å²) in [5.41, 5.74) is 5.46. The highest BCUT2D eigenvalue weighted by atomic mass is 16.5. The molecule has 0 atom stereocenters. The lowest BCUT2D eigenvalue weighted by Crippen LogP contribution is -2.36. The molecule has 0 bridgehead atoms. The molecule has 0 spiro atoms. The first-order valence-electron chi connectivity index (χ1n) is 10.4.